The average molecular weight is 175 g/mol. The van der Waals surface area contributed by atoms with Crippen molar-refractivity contribution in [2.75, 3.05) is 40.8 Å². The highest BCUT2D eigenvalue weighted by Crippen LogP contribution is 1.81. The molecular weight excluding hydrogens is 154 g/mol. The smallest absolute Gasteiger partial charge is 0.0429 e. The van der Waals surface area contributed by atoms with Crippen molar-refractivity contribution in [1.29, 1.82) is 0 Å². The molecule has 0 aliphatic heterocycles. The third-order valence-corrected chi connectivity index (χ3v) is 1.83. The highest BCUT2D eigenvalue weighted by Gasteiger charge is 2.01. The Morgan fingerprint density at radius 3 is 1.83 bits per heavy atom. The van der Waals surface area contributed by atoms with E-state index in [2.05, 4.69) is 28.2 Å². The largest absolute Gasteiger partial charge is 0.258 e. The molecule has 0 aliphatic carbocycles. The van der Waals surface area contributed by atoms with Crippen LogP contribution in [-0.2, 0) is 0 Å². The van der Waals surface area contributed by atoms with E-state index in [1.165, 1.54) is 0 Å². The number of hydrazine groups is 3. The molecule has 5 heteroatoms. The van der Waals surface area contributed by atoms with E-state index in [1.54, 1.807) is 0 Å². The highest BCUT2D eigenvalue weighted by atomic mass is 15.7. The molecule has 3 N–H and O–H groups in total. The summed E-state index contributed by atoms with van der Waals surface area (Å²) >= 11 is 0. The Labute approximate surface area is 75.0 Å². The molecule has 74 valence electrons. The molecule has 0 unspecified atom stereocenters. The SMILES string of the molecule is CCN(CCN(NC)NC)NC. The fraction of sp³-hybridized carbons (Fsp3) is 1.00. The first-order valence-electron chi connectivity index (χ1n) is 4.33. The van der Waals surface area contributed by atoms with Crippen molar-refractivity contribution in [2.24, 2.45) is 0 Å². The van der Waals surface area contributed by atoms with E-state index in [1.807, 2.05) is 26.3 Å². The van der Waals surface area contributed by atoms with Gasteiger partial charge in [0.1, 0.15) is 0 Å². The van der Waals surface area contributed by atoms with Gasteiger partial charge in [0.2, 0.25) is 0 Å². The normalized spacial score (nSPS) is 11.5. The van der Waals surface area contributed by atoms with E-state index in [0.717, 1.165) is 19.6 Å². The number of likely N-dealkylation sites (N-methyl/N-ethyl adjacent to an activating group) is 1. The van der Waals surface area contributed by atoms with Crippen LogP contribution in [0.15, 0.2) is 0 Å². The molecular formula is C7H21N5. The molecule has 0 aromatic heterocycles. The zero-order valence-electron chi connectivity index (χ0n) is 8.52. The summed E-state index contributed by atoms with van der Waals surface area (Å²) in [7, 11) is 5.73. The minimum Gasteiger partial charge on any atom is -0.258 e. The van der Waals surface area contributed by atoms with Gasteiger partial charge in [-0.3, -0.25) is 5.43 Å². The minimum atomic E-state index is 0.932. The van der Waals surface area contributed by atoms with Gasteiger partial charge in [0.15, 0.2) is 0 Å². The van der Waals surface area contributed by atoms with Gasteiger partial charge >= 0.3 is 0 Å². The first-order valence-corrected chi connectivity index (χ1v) is 4.33. The van der Waals surface area contributed by atoms with Gasteiger partial charge in [-0.25, -0.2) is 15.9 Å². The maximum atomic E-state index is 3.11. The zero-order valence-corrected chi connectivity index (χ0v) is 8.52. The van der Waals surface area contributed by atoms with Crippen LogP contribution in [0.25, 0.3) is 0 Å². The van der Waals surface area contributed by atoms with E-state index in [9.17, 15) is 0 Å². The Kier molecular flexibility index (Phi) is 7.33. The van der Waals surface area contributed by atoms with Crippen LogP contribution in [0.1, 0.15) is 6.92 Å². The van der Waals surface area contributed by atoms with Crippen LogP contribution in [-0.4, -0.2) is 50.9 Å². The predicted molar refractivity (Wildman–Crippen MR) is 51.1 cm³/mol. The maximum absolute atomic E-state index is 3.11. The summed E-state index contributed by atoms with van der Waals surface area (Å²) in [5.74, 6) is 0. The molecule has 0 fully saturated rings. The summed E-state index contributed by atoms with van der Waals surface area (Å²) in [6.07, 6.45) is 0. The number of rotatable bonds is 7. The zero-order chi connectivity index (χ0) is 9.40. The molecule has 0 heterocycles. The van der Waals surface area contributed by atoms with Gasteiger partial charge in [-0.2, -0.15) is 5.12 Å². The molecule has 0 bridgehead atoms. The van der Waals surface area contributed by atoms with Crippen LogP contribution in [0.2, 0.25) is 0 Å². The Bertz CT molecular complexity index is 77.8. The second kappa shape index (κ2) is 7.45. The predicted octanol–water partition coefficient (Wildman–Crippen LogP) is -0.986. The van der Waals surface area contributed by atoms with Crippen molar-refractivity contribution >= 4 is 0 Å². The summed E-state index contributed by atoms with van der Waals surface area (Å²) in [5, 5.41) is 4.07. The van der Waals surface area contributed by atoms with Crippen molar-refractivity contribution in [3.05, 3.63) is 0 Å². The highest BCUT2D eigenvalue weighted by molar-refractivity contribution is 4.49. The number of hydrogen-bond donors (Lipinski definition) is 3. The van der Waals surface area contributed by atoms with Crippen molar-refractivity contribution in [3.63, 3.8) is 0 Å². The van der Waals surface area contributed by atoms with E-state index < -0.39 is 0 Å². The maximum Gasteiger partial charge on any atom is 0.0429 e. The standard InChI is InChI=1S/C7H21N5/c1-5-11(8-2)6-7-12(9-3)10-4/h8-10H,5-7H2,1-4H3. The molecule has 0 atom stereocenters. The van der Waals surface area contributed by atoms with E-state index in [4.69, 9.17) is 0 Å². The number of nitrogens with zero attached hydrogens (tertiary/aromatic N) is 2. The third kappa shape index (κ3) is 4.63. The van der Waals surface area contributed by atoms with Crippen molar-refractivity contribution < 1.29 is 0 Å². The molecule has 0 aromatic rings. The lowest BCUT2D eigenvalue weighted by Gasteiger charge is -2.24. The van der Waals surface area contributed by atoms with Crippen molar-refractivity contribution in [3.8, 4) is 0 Å². The van der Waals surface area contributed by atoms with Gasteiger partial charge in [-0.05, 0) is 7.05 Å². The quantitative estimate of drug-likeness (QED) is 0.434. The summed E-state index contributed by atoms with van der Waals surface area (Å²) in [5.41, 5.74) is 9.15. The first kappa shape index (κ1) is 11.8. The van der Waals surface area contributed by atoms with Crippen LogP contribution < -0.4 is 16.3 Å². The first-order chi connectivity index (χ1) is 5.78. The monoisotopic (exact) mass is 175 g/mol. The number of nitrogens with one attached hydrogen (secondary N) is 3. The number of hydrogen-bond acceptors (Lipinski definition) is 5. The molecule has 0 aliphatic rings. The summed E-state index contributed by atoms with van der Waals surface area (Å²) < 4.78 is 0. The van der Waals surface area contributed by atoms with Crippen LogP contribution in [0, 0.1) is 0 Å². The third-order valence-electron chi connectivity index (χ3n) is 1.83. The second-order valence-corrected chi connectivity index (χ2v) is 2.40. The molecule has 0 saturated heterocycles. The minimum absolute atomic E-state index is 0.932. The lowest BCUT2D eigenvalue weighted by Crippen LogP contribution is -2.49. The molecule has 0 rings (SSSR count). The average Bonchev–Trinajstić information content (AvgIpc) is 2.13. The van der Waals surface area contributed by atoms with E-state index >= 15 is 0 Å². The van der Waals surface area contributed by atoms with Crippen LogP contribution in [0.4, 0.5) is 0 Å². The van der Waals surface area contributed by atoms with Crippen LogP contribution in [0.5, 0.6) is 0 Å². The Morgan fingerprint density at radius 2 is 1.50 bits per heavy atom. The molecule has 0 saturated carbocycles. The molecule has 0 spiro atoms. The summed E-state index contributed by atoms with van der Waals surface area (Å²) in [6.45, 7) is 5.05. The van der Waals surface area contributed by atoms with E-state index in [0.29, 0.717) is 0 Å². The lowest BCUT2D eigenvalue weighted by molar-refractivity contribution is 0.106. The fourth-order valence-corrected chi connectivity index (χ4v) is 0.984. The van der Waals surface area contributed by atoms with Crippen LogP contribution in [0.3, 0.4) is 0 Å². The second-order valence-electron chi connectivity index (χ2n) is 2.40. The van der Waals surface area contributed by atoms with Gasteiger partial charge in [-0.15, -0.1) is 0 Å². The van der Waals surface area contributed by atoms with Crippen LogP contribution >= 0.6 is 0 Å². The summed E-state index contributed by atoms with van der Waals surface area (Å²) in [6, 6.07) is 0. The molecule has 5 nitrogen and oxygen atoms in total. The molecule has 0 aromatic carbocycles. The summed E-state index contributed by atoms with van der Waals surface area (Å²) in [4.78, 5) is 0. The van der Waals surface area contributed by atoms with Gasteiger partial charge in [-0.1, -0.05) is 6.92 Å². The fourth-order valence-electron chi connectivity index (χ4n) is 0.984. The van der Waals surface area contributed by atoms with Crippen molar-refractivity contribution in [2.45, 2.75) is 6.92 Å². The van der Waals surface area contributed by atoms with Gasteiger partial charge < -0.3 is 0 Å². The molecule has 0 radical (unpaired) electrons. The Balaban J connectivity index is 3.49. The lowest BCUT2D eigenvalue weighted by atomic mass is 10.5. The van der Waals surface area contributed by atoms with Gasteiger partial charge in [0.25, 0.3) is 0 Å². The van der Waals surface area contributed by atoms with E-state index in [-0.39, 0.29) is 0 Å². The van der Waals surface area contributed by atoms with Crippen molar-refractivity contribution in [1.82, 2.24) is 26.4 Å². The molecule has 12 heavy (non-hydrogen) atoms. The Morgan fingerprint density at radius 1 is 0.917 bits per heavy atom. The Hall–Kier alpha value is -0.200. The van der Waals surface area contributed by atoms with Gasteiger partial charge in [0.05, 0.1) is 0 Å². The van der Waals surface area contributed by atoms with Gasteiger partial charge in [0, 0.05) is 33.7 Å². The topological polar surface area (TPSA) is 42.6 Å². The molecule has 0 amide bonds.